The molecule has 0 saturated carbocycles. The molecule has 2 unspecified atom stereocenters. The van der Waals surface area contributed by atoms with Crippen LogP contribution >= 0.6 is 23.4 Å². The van der Waals surface area contributed by atoms with Crippen molar-refractivity contribution in [3.05, 3.63) is 74.8 Å². The van der Waals surface area contributed by atoms with E-state index in [1.807, 2.05) is 18.2 Å². The number of benzene rings is 2. The lowest BCUT2D eigenvalue weighted by Gasteiger charge is -2.50. The predicted octanol–water partition coefficient (Wildman–Crippen LogP) is 6.52. The number of ether oxygens (including phenoxy) is 2. The second-order valence-corrected chi connectivity index (χ2v) is 13.2. The van der Waals surface area contributed by atoms with Crippen LogP contribution in [0.15, 0.2) is 35.5 Å². The number of aromatic nitrogens is 2. The van der Waals surface area contributed by atoms with Gasteiger partial charge in [-0.05, 0) is 70.7 Å². The van der Waals surface area contributed by atoms with Crippen LogP contribution in [-0.4, -0.2) is 52.1 Å². The summed E-state index contributed by atoms with van der Waals surface area (Å²) in [4.78, 5) is 26.2. The summed E-state index contributed by atoms with van der Waals surface area (Å²) in [5.74, 6) is -0.0613. The average Bonchev–Trinajstić information content (AvgIpc) is 2.97. The van der Waals surface area contributed by atoms with E-state index in [0.717, 1.165) is 11.6 Å². The number of nitriles is 1. The molecule has 9 nitrogen and oxygen atoms in total. The van der Waals surface area contributed by atoms with Gasteiger partial charge in [-0.25, -0.2) is 19.2 Å². The first kappa shape index (κ1) is 32.0. The molecule has 0 saturated heterocycles. The number of fused-ring (bicyclic) bond motifs is 3. The molecule has 0 bridgehead atoms. The molecule has 0 fully saturated rings. The number of nitrogens with zero attached hydrogens (tertiary/aromatic N) is 5. The molecule has 0 radical (unpaired) electrons. The molecule has 1 spiro atoms. The number of rotatable bonds is 5. The average molecular weight is 640 g/mol. The van der Waals surface area contributed by atoms with Crippen LogP contribution in [0, 0.1) is 17.1 Å². The van der Waals surface area contributed by atoms with Crippen molar-refractivity contribution in [3.8, 4) is 11.8 Å². The van der Waals surface area contributed by atoms with Gasteiger partial charge < -0.3 is 14.6 Å². The third kappa shape index (κ3) is 5.84. The predicted molar refractivity (Wildman–Crippen MR) is 166 cm³/mol. The van der Waals surface area contributed by atoms with Gasteiger partial charge >= 0.3 is 6.09 Å². The van der Waals surface area contributed by atoms with Crippen molar-refractivity contribution < 1.29 is 23.8 Å². The number of methoxy groups -OCH3 is 1. The topological polar surface area (TPSA) is 112 Å². The van der Waals surface area contributed by atoms with E-state index in [0.29, 0.717) is 52.3 Å². The van der Waals surface area contributed by atoms with Gasteiger partial charge in [0.05, 0.1) is 42.2 Å². The number of aliphatic hydroxyl groups is 1. The summed E-state index contributed by atoms with van der Waals surface area (Å²) in [7, 11) is 3.45. The Labute approximate surface area is 265 Å². The third-order valence-corrected chi connectivity index (χ3v) is 9.09. The van der Waals surface area contributed by atoms with Crippen LogP contribution in [0.1, 0.15) is 73.2 Å². The van der Waals surface area contributed by atoms with Crippen LogP contribution in [0.3, 0.4) is 0 Å². The molecule has 1 amide bonds. The number of hydrogen-bond donors (Lipinski definition) is 1. The molecule has 3 aromatic rings. The highest BCUT2D eigenvalue weighted by atomic mass is 35.5. The molecule has 1 aliphatic carbocycles. The highest BCUT2D eigenvalue weighted by Gasteiger charge is 2.50. The molecule has 2 aromatic carbocycles. The maximum Gasteiger partial charge on any atom is 0.415 e. The van der Waals surface area contributed by atoms with Crippen molar-refractivity contribution in [1.29, 1.82) is 5.26 Å². The van der Waals surface area contributed by atoms with Gasteiger partial charge in [-0.2, -0.15) is 5.26 Å². The van der Waals surface area contributed by atoms with Crippen molar-refractivity contribution in [1.82, 2.24) is 14.9 Å². The molecule has 5 rings (SSSR count). The Balaban J connectivity index is 1.73. The van der Waals surface area contributed by atoms with Crippen LogP contribution in [-0.2, 0) is 29.8 Å². The number of thioether (sulfide) groups is 1. The van der Waals surface area contributed by atoms with E-state index in [9.17, 15) is 15.2 Å². The molecule has 12 heteroatoms. The van der Waals surface area contributed by atoms with Gasteiger partial charge in [0.2, 0.25) is 0 Å². The third-order valence-electron chi connectivity index (χ3n) is 8.23. The number of hydrogen-bond acceptors (Lipinski definition) is 9. The molecule has 2 atom stereocenters. The summed E-state index contributed by atoms with van der Waals surface area (Å²) in [6.45, 7) is 5.58. The van der Waals surface area contributed by atoms with Gasteiger partial charge in [0.1, 0.15) is 28.4 Å². The van der Waals surface area contributed by atoms with Gasteiger partial charge in [0.25, 0.3) is 0 Å². The smallest absolute Gasteiger partial charge is 0.415 e. The summed E-state index contributed by atoms with van der Waals surface area (Å²) in [6, 6.07) is 10.6. The normalized spacial score (nSPS) is 19.6. The summed E-state index contributed by atoms with van der Waals surface area (Å²) >= 11 is 7.93. The lowest BCUT2D eigenvalue weighted by Crippen LogP contribution is -2.52. The van der Waals surface area contributed by atoms with Crippen molar-refractivity contribution in [2.45, 2.75) is 75.5 Å². The summed E-state index contributed by atoms with van der Waals surface area (Å²) in [6.07, 6.45) is 1.02. The van der Waals surface area contributed by atoms with Gasteiger partial charge in [-0.3, -0.25) is 9.80 Å². The first-order valence-corrected chi connectivity index (χ1v) is 15.8. The Morgan fingerprint density at radius 1 is 1.32 bits per heavy atom. The van der Waals surface area contributed by atoms with E-state index >= 15 is 4.39 Å². The number of carbonyl (C=O) groups is 1. The first-order chi connectivity index (χ1) is 20.8. The molecule has 1 aromatic heterocycles. The fourth-order valence-corrected chi connectivity index (χ4v) is 6.83. The lowest BCUT2D eigenvalue weighted by atomic mass is 9.68. The number of carbonyl (C=O) groups excluding carboxylic acids is 1. The minimum atomic E-state index is -1.13. The monoisotopic (exact) mass is 639 g/mol. The Morgan fingerprint density at radius 2 is 2.02 bits per heavy atom. The van der Waals surface area contributed by atoms with Crippen LogP contribution < -0.4 is 9.64 Å². The number of halogens is 2. The van der Waals surface area contributed by atoms with E-state index in [4.69, 9.17) is 26.1 Å². The minimum absolute atomic E-state index is 0.0000430. The number of likely N-dealkylation sites (N-methyl/N-ethyl adjacent to an activating group) is 1. The van der Waals surface area contributed by atoms with Crippen molar-refractivity contribution in [2.24, 2.45) is 0 Å². The van der Waals surface area contributed by atoms with Crippen LogP contribution in [0.25, 0.3) is 0 Å². The molecule has 1 N–H and O–H groups in total. The molecular formula is C32H35ClFN5O4S. The highest BCUT2D eigenvalue weighted by Crippen LogP contribution is 2.52. The number of amides is 1. The molecule has 1 aliphatic heterocycles. The van der Waals surface area contributed by atoms with E-state index in [1.165, 1.54) is 16.7 Å². The Hall–Kier alpha value is -3.43. The van der Waals surface area contributed by atoms with Crippen molar-refractivity contribution in [2.75, 3.05) is 25.3 Å². The fraction of sp³-hybridized carbons (Fsp3) is 0.438. The van der Waals surface area contributed by atoms with Gasteiger partial charge in [-0.15, -0.1) is 0 Å². The zero-order valence-corrected chi connectivity index (χ0v) is 27.1. The van der Waals surface area contributed by atoms with Crippen molar-refractivity contribution >= 4 is 35.1 Å². The second kappa shape index (κ2) is 12.2. The Bertz CT molecular complexity index is 1640. The Kier molecular flexibility index (Phi) is 8.84. The largest absolute Gasteiger partial charge is 0.497 e. The quantitative estimate of drug-likeness (QED) is 0.189. The summed E-state index contributed by atoms with van der Waals surface area (Å²) < 4.78 is 27.3. The molecular weight excluding hydrogens is 605 g/mol. The zero-order chi connectivity index (χ0) is 32.0. The van der Waals surface area contributed by atoms with Gasteiger partial charge in [0.15, 0.2) is 5.16 Å². The molecule has 2 aliphatic rings. The van der Waals surface area contributed by atoms with E-state index < -0.39 is 29.2 Å². The second-order valence-electron chi connectivity index (χ2n) is 12.1. The van der Waals surface area contributed by atoms with Crippen LogP contribution in [0.4, 0.5) is 14.9 Å². The van der Waals surface area contributed by atoms with Crippen LogP contribution in [0.2, 0.25) is 5.15 Å². The standard InChI is InChI=1S/C32H35ClFN5O4S/c1-31(2,3)43-30(41)39(16-18-7-9-19(42-5)10-8-18)24-13-22(34)26-25(40)11-12-32(27(26)20(24)15-35)14-23-21(17-38(32)4)28(33)37-29(36-23)44-6/h7-10,13,25,40H,11-12,14,16-17H2,1-6H3. The highest BCUT2D eigenvalue weighted by molar-refractivity contribution is 7.98. The lowest BCUT2D eigenvalue weighted by molar-refractivity contribution is 0.0359. The van der Waals surface area contributed by atoms with E-state index in [1.54, 1.807) is 52.1 Å². The summed E-state index contributed by atoms with van der Waals surface area (Å²) in [5.41, 5.74) is 1.02. The van der Waals surface area contributed by atoms with E-state index in [-0.39, 0.29) is 29.8 Å². The van der Waals surface area contributed by atoms with Gasteiger partial charge in [-0.1, -0.05) is 35.5 Å². The molecule has 44 heavy (non-hydrogen) atoms. The minimum Gasteiger partial charge on any atom is -0.497 e. The maximum atomic E-state index is 16.3. The number of anilines is 1. The maximum absolute atomic E-state index is 16.3. The van der Waals surface area contributed by atoms with Gasteiger partial charge in [0, 0.05) is 29.7 Å². The van der Waals surface area contributed by atoms with Crippen molar-refractivity contribution in [3.63, 3.8) is 0 Å². The first-order valence-electron chi connectivity index (χ1n) is 14.2. The SMILES string of the molecule is COc1ccc(CN(C(=O)OC(C)(C)C)c2cc(F)c3c(c2C#N)C2(CCC3O)Cc3nc(SC)nc(Cl)c3CN2C)cc1. The molecule has 2 heterocycles. The zero-order valence-electron chi connectivity index (χ0n) is 25.6. The number of aliphatic hydroxyl groups excluding tert-OH is 1. The van der Waals surface area contributed by atoms with Crippen LogP contribution in [0.5, 0.6) is 5.75 Å². The van der Waals surface area contributed by atoms with E-state index in [2.05, 4.69) is 11.1 Å². The fourth-order valence-electron chi connectivity index (χ4n) is 6.14. The Morgan fingerprint density at radius 3 is 2.64 bits per heavy atom. The summed E-state index contributed by atoms with van der Waals surface area (Å²) in [5, 5.41) is 22.7. The molecule has 232 valence electrons.